The van der Waals surface area contributed by atoms with Gasteiger partial charge in [0, 0.05) is 19.5 Å². The van der Waals surface area contributed by atoms with E-state index in [-0.39, 0.29) is 5.91 Å². The summed E-state index contributed by atoms with van der Waals surface area (Å²) in [5.74, 6) is 0.808. The number of rotatable bonds is 8. The van der Waals surface area contributed by atoms with Crippen molar-refractivity contribution in [3.8, 4) is 0 Å². The van der Waals surface area contributed by atoms with E-state index in [0.717, 1.165) is 19.4 Å². The maximum atomic E-state index is 12.2. The molecule has 0 heterocycles. The topological polar surface area (TPSA) is 46.3 Å². The van der Waals surface area contributed by atoms with Gasteiger partial charge in [-0.05, 0) is 30.9 Å². The molecular weight excluding hydrogens is 236 g/mol. The van der Waals surface area contributed by atoms with Crippen LogP contribution in [0, 0.1) is 5.92 Å². The van der Waals surface area contributed by atoms with E-state index in [1.165, 1.54) is 5.56 Å². The van der Waals surface area contributed by atoms with E-state index in [4.69, 9.17) is 5.73 Å². The standard InChI is InChI=1S/C16H26N2O/c1-14(2)9-10-16(19)18(12-6-11-17)13-15-7-4-3-5-8-15/h3-5,7-8,14H,6,9-13,17H2,1-2H3. The van der Waals surface area contributed by atoms with Crippen LogP contribution >= 0.6 is 0 Å². The molecule has 0 spiro atoms. The highest BCUT2D eigenvalue weighted by Crippen LogP contribution is 2.10. The number of amides is 1. The molecule has 0 aliphatic rings. The second-order valence-corrected chi connectivity index (χ2v) is 5.38. The van der Waals surface area contributed by atoms with Crippen molar-refractivity contribution in [1.82, 2.24) is 4.90 Å². The summed E-state index contributed by atoms with van der Waals surface area (Å²) in [5, 5.41) is 0. The van der Waals surface area contributed by atoms with Crippen molar-refractivity contribution in [2.75, 3.05) is 13.1 Å². The quantitative estimate of drug-likeness (QED) is 0.783. The molecule has 1 rings (SSSR count). The Labute approximate surface area is 116 Å². The van der Waals surface area contributed by atoms with Crippen LogP contribution in [0.4, 0.5) is 0 Å². The minimum Gasteiger partial charge on any atom is -0.338 e. The lowest BCUT2D eigenvalue weighted by Crippen LogP contribution is -2.32. The minimum absolute atomic E-state index is 0.242. The van der Waals surface area contributed by atoms with E-state index < -0.39 is 0 Å². The fourth-order valence-corrected chi connectivity index (χ4v) is 1.95. The first kappa shape index (κ1) is 15.7. The summed E-state index contributed by atoms with van der Waals surface area (Å²) < 4.78 is 0. The van der Waals surface area contributed by atoms with E-state index in [2.05, 4.69) is 26.0 Å². The molecule has 0 saturated heterocycles. The van der Waals surface area contributed by atoms with Crippen LogP contribution in [0.25, 0.3) is 0 Å². The number of nitrogens with zero attached hydrogens (tertiary/aromatic N) is 1. The molecule has 0 radical (unpaired) electrons. The molecule has 2 N–H and O–H groups in total. The zero-order valence-electron chi connectivity index (χ0n) is 12.1. The van der Waals surface area contributed by atoms with Gasteiger partial charge in [-0.2, -0.15) is 0 Å². The van der Waals surface area contributed by atoms with E-state index in [1.54, 1.807) is 0 Å². The highest BCUT2D eigenvalue weighted by atomic mass is 16.2. The second-order valence-electron chi connectivity index (χ2n) is 5.38. The number of nitrogens with two attached hydrogens (primary N) is 1. The van der Waals surface area contributed by atoms with Crippen LogP contribution in [0.15, 0.2) is 30.3 Å². The lowest BCUT2D eigenvalue weighted by molar-refractivity contribution is -0.132. The molecule has 1 aromatic carbocycles. The normalized spacial score (nSPS) is 10.7. The molecule has 1 aromatic rings. The highest BCUT2D eigenvalue weighted by molar-refractivity contribution is 5.76. The lowest BCUT2D eigenvalue weighted by Gasteiger charge is -2.23. The molecule has 0 fully saturated rings. The largest absolute Gasteiger partial charge is 0.338 e. The molecule has 0 unspecified atom stereocenters. The van der Waals surface area contributed by atoms with E-state index in [9.17, 15) is 4.79 Å². The van der Waals surface area contributed by atoms with Crippen LogP contribution in [0.2, 0.25) is 0 Å². The molecule has 106 valence electrons. The summed E-state index contributed by atoms with van der Waals surface area (Å²) in [7, 11) is 0. The summed E-state index contributed by atoms with van der Waals surface area (Å²) in [4.78, 5) is 14.2. The molecule has 0 saturated carbocycles. The van der Waals surface area contributed by atoms with Crippen molar-refractivity contribution in [3.63, 3.8) is 0 Å². The molecule has 3 heteroatoms. The molecule has 1 amide bonds. The SMILES string of the molecule is CC(C)CCC(=O)N(CCCN)Cc1ccccc1. The average molecular weight is 262 g/mol. The maximum absolute atomic E-state index is 12.2. The van der Waals surface area contributed by atoms with Gasteiger partial charge >= 0.3 is 0 Å². The van der Waals surface area contributed by atoms with E-state index >= 15 is 0 Å². The molecule has 0 atom stereocenters. The van der Waals surface area contributed by atoms with Crippen molar-refractivity contribution in [1.29, 1.82) is 0 Å². The predicted octanol–water partition coefficient (Wildman–Crippen LogP) is 2.80. The van der Waals surface area contributed by atoms with Crippen molar-refractivity contribution >= 4 is 5.91 Å². The molecular formula is C16H26N2O. The Morgan fingerprint density at radius 3 is 2.53 bits per heavy atom. The third-order valence-electron chi connectivity index (χ3n) is 3.14. The monoisotopic (exact) mass is 262 g/mol. The Morgan fingerprint density at radius 1 is 1.26 bits per heavy atom. The van der Waals surface area contributed by atoms with Crippen molar-refractivity contribution in [2.45, 2.75) is 39.7 Å². The Kier molecular flexibility index (Phi) is 7.19. The first-order valence-electron chi connectivity index (χ1n) is 7.15. The number of hydrogen-bond donors (Lipinski definition) is 1. The first-order valence-corrected chi connectivity index (χ1v) is 7.15. The molecule has 19 heavy (non-hydrogen) atoms. The van der Waals surface area contributed by atoms with Crippen LogP contribution in [-0.2, 0) is 11.3 Å². The van der Waals surface area contributed by atoms with Crippen LogP contribution in [-0.4, -0.2) is 23.9 Å². The van der Waals surface area contributed by atoms with Gasteiger partial charge < -0.3 is 10.6 Å². The Hall–Kier alpha value is -1.35. The molecule has 3 nitrogen and oxygen atoms in total. The highest BCUT2D eigenvalue weighted by Gasteiger charge is 2.13. The Morgan fingerprint density at radius 2 is 1.95 bits per heavy atom. The van der Waals surface area contributed by atoms with Crippen molar-refractivity contribution < 1.29 is 4.79 Å². The summed E-state index contributed by atoms with van der Waals surface area (Å²) in [6, 6.07) is 10.1. The number of carbonyl (C=O) groups excluding carboxylic acids is 1. The van der Waals surface area contributed by atoms with Gasteiger partial charge in [-0.1, -0.05) is 44.2 Å². The van der Waals surface area contributed by atoms with Crippen LogP contribution in [0.5, 0.6) is 0 Å². The van der Waals surface area contributed by atoms with E-state index in [1.807, 2.05) is 23.1 Å². The summed E-state index contributed by atoms with van der Waals surface area (Å²) in [6.07, 6.45) is 2.45. The Bertz CT molecular complexity index is 362. The lowest BCUT2D eigenvalue weighted by atomic mass is 10.1. The minimum atomic E-state index is 0.242. The smallest absolute Gasteiger partial charge is 0.222 e. The number of carbonyl (C=O) groups is 1. The number of benzene rings is 1. The third kappa shape index (κ3) is 6.39. The third-order valence-corrected chi connectivity index (χ3v) is 3.14. The zero-order chi connectivity index (χ0) is 14.1. The van der Waals surface area contributed by atoms with Crippen LogP contribution < -0.4 is 5.73 Å². The van der Waals surface area contributed by atoms with Gasteiger partial charge in [0.15, 0.2) is 0 Å². The van der Waals surface area contributed by atoms with Crippen molar-refractivity contribution in [3.05, 3.63) is 35.9 Å². The van der Waals surface area contributed by atoms with Gasteiger partial charge in [0.1, 0.15) is 0 Å². The predicted molar refractivity (Wildman–Crippen MR) is 79.6 cm³/mol. The molecule has 0 aromatic heterocycles. The maximum Gasteiger partial charge on any atom is 0.222 e. The van der Waals surface area contributed by atoms with Gasteiger partial charge in [-0.25, -0.2) is 0 Å². The van der Waals surface area contributed by atoms with Gasteiger partial charge in [-0.15, -0.1) is 0 Å². The summed E-state index contributed by atoms with van der Waals surface area (Å²) >= 11 is 0. The fourth-order valence-electron chi connectivity index (χ4n) is 1.95. The van der Waals surface area contributed by atoms with Crippen LogP contribution in [0.3, 0.4) is 0 Å². The second kappa shape index (κ2) is 8.70. The van der Waals surface area contributed by atoms with Gasteiger partial charge in [0.25, 0.3) is 0 Å². The molecule has 0 bridgehead atoms. The van der Waals surface area contributed by atoms with E-state index in [0.29, 0.717) is 25.4 Å². The molecule has 0 aliphatic heterocycles. The first-order chi connectivity index (χ1) is 9.13. The average Bonchev–Trinajstić information content (AvgIpc) is 2.41. The van der Waals surface area contributed by atoms with Crippen LogP contribution in [0.1, 0.15) is 38.7 Å². The Balaban J connectivity index is 2.57. The number of hydrogen-bond acceptors (Lipinski definition) is 2. The van der Waals surface area contributed by atoms with Gasteiger partial charge in [-0.3, -0.25) is 4.79 Å². The fraction of sp³-hybridized carbons (Fsp3) is 0.562. The molecule has 0 aliphatic carbocycles. The summed E-state index contributed by atoms with van der Waals surface area (Å²) in [6.45, 7) is 6.37. The van der Waals surface area contributed by atoms with Gasteiger partial charge in [0.2, 0.25) is 5.91 Å². The van der Waals surface area contributed by atoms with Gasteiger partial charge in [0.05, 0.1) is 0 Å². The summed E-state index contributed by atoms with van der Waals surface area (Å²) in [5.41, 5.74) is 6.73. The van der Waals surface area contributed by atoms with Crippen molar-refractivity contribution in [2.24, 2.45) is 11.7 Å². The zero-order valence-corrected chi connectivity index (χ0v) is 12.1.